The summed E-state index contributed by atoms with van der Waals surface area (Å²) in [5, 5.41) is 1.06. The van der Waals surface area contributed by atoms with Crippen molar-refractivity contribution < 1.29 is 9.53 Å². The van der Waals surface area contributed by atoms with Crippen LogP contribution in [0.1, 0.15) is 44.2 Å². The van der Waals surface area contributed by atoms with E-state index < -0.39 is 5.92 Å². The van der Waals surface area contributed by atoms with Gasteiger partial charge in [0.2, 0.25) is 0 Å². The van der Waals surface area contributed by atoms with E-state index in [-0.39, 0.29) is 11.5 Å². The number of carbonyl (C=O) groups excluding carboxylic acids is 1. The Morgan fingerprint density at radius 1 is 1.21 bits per heavy atom. The van der Waals surface area contributed by atoms with Gasteiger partial charge in [-0.1, -0.05) is 39.0 Å². The topological polar surface area (TPSA) is 61.2 Å². The summed E-state index contributed by atoms with van der Waals surface area (Å²) in [5.41, 5.74) is 4.08. The van der Waals surface area contributed by atoms with Crippen molar-refractivity contribution >= 4 is 16.9 Å². The number of carbonyl (C=O) groups is 1. The Labute approximate surface area is 171 Å². The molecular formula is C24H28N2O3. The summed E-state index contributed by atoms with van der Waals surface area (Å²) >= 11 is 0. The zero-order valence-electron chi connectivity index (χ0n) is 17.6. The van der Waals surface area contributed by atoms with Crippen molar-refractivity contribution in [2.75, 3.05) is 7.11 Å². The van der Waals surface area contributed by atoms with Crippen molar-refractivity contribution in [1.82, 2.24) is 9.55 Å². The lowest BCUT2D eigenvalue weighted by atomic mass is 9.96. The maximum absolute atomic E-state index is 12.6. The highest BCUT2D eigenvalue weighted by Gasteiger charge is 2.26. The molecule has 0 N–H and O–H groups in total. The van der Waals surface area contributed by atoms with Gasteiger partial charge in [-0.05, 0) is 30.2 Å². The molecule has 1 unspecified atom stereocenters. The number of ether oxygens (including phenoxy) is 1. The first-order chi connectivity index (χ1) is 14.1. The Kier molecular flexibility index (Phi) is 7.48. The number of benzene rings is 1. The number of rotatable bonds is 3. The molecule has 0 fully saturated rings. The maximum Gasteiger partial charge on any atom is 0.313 e. The lowest BCUT2D eigenvalue weighted by Gasteiger charge is -2.14. The predicted molar refractivity (Wildman–Crippen MR) is 118 cm³/mol. The number of esters is 1. The molecule has 152 valence electrons. The summed E-state index contributed by atoms with van der Waals surface area (Å²) in [6, 6.07) is 13.4. The quantitative estimate of drug-likeness (QED) is 0.367. The molecule has 5 heteroatoms. The van der Waals surface area contributed by atoms with Gasteiger partial charge in [-0.25, -0.2) is 4.98 Å². The molecule has 1 atom stereocenters. The van der Waals surface area contributed by atoms with Crippen molar-refractivity contribution in [3.05, 3.63) is 77.1 Å². The lowest BCUT2D eigenvalue weighted by Crippen LogP contribution is -2.22. The van der Waals surface area contributed by atoms with Crippen LogP contribution in [-0.4, -0.2) is 22.6 Å². The number of pyridine rings is 2. The standard InChI is InChI=1S/C20H18N2O3.C2H6.C2H4/c1-3-15(20(24)25-2)13-9-17-19-14(11-22(17)18(23)10-13)8-12-6-4-5-7-16(12)21-19;2*1-2/h4-10,15H,3,11H2,1-2H3;1-2H3;1-2H2. The third kappa shape index (κ3) is 4.14. The third-order valence-electron chi connectivity index (χ3n) is 4.82. The van der Waals surface area contributed by atoms with E-state index in [0.717, 1.165) is 27.9 Å². The fourth-order valence-electron chi connectivity index (χ4n) is 3.53. The first-order valence-corrected chi connectivity index (χ1v) is 9.84. The minimum Gasteiger partial charge on any atom is -0.469 e. The summed E-state index contributed by atoms with van der Waals surface area (Å²) in [6.07, 6.45) is 0.577. The van der Waals surface area contributed by atoms with E-state index in [0.29, 0.717) is 18.5 Å². The molecule has 4 rings (SSSR count). The molecule has 0 saturated carbocycles. The van der Waals surface area contributed by atoms with Crippen LogP contribution in [0.3, 0.4) is 0 Å². The highest BCUT2D eigenvalue weighted by Crippen LogP contribution is 2.33. The Bertz CT molecular complexity index is 1070. The minimum atomic E-state index is -0.437. The van der Waals surface area contributed by atoms with Gasteiger partial charge >= 0.3 is 5.97 Å². The van der Waals surface area contributed by atoms with E-state index in [2.05, 4.69) is 19.2 Å². The van der Waals surface area contributed by atoms with Crippen molar-refractivity contribution in [2.45, 2.75) is 39.7 Å². The van der Waals surface area contributed by atoms with Gasteiger partial charge in [0.25, 0.3) is 5.56 Å². The van der Waals surface area contributed by atoms with Crippen LogP contribution < -0.4 is 5.56 Å². The van der Waals surface area contributed by atoms with E-state index in [9.17, 15) is 9.59 Å². The molecule has 1 aliphatic heterocycles. The van der Waals surface area contributed by atoms with Crippen molar-refractivity contribution in [3.63, 3.8) is 0 Å². The lowest BCUT2D eigenvalue weighted by molar-refractivity contribution is -0.142. The van der Waals surface area contributed by atoms with Crippen LogP contribution in [0.2, 0.25) is 0 Å². The van der Waals surface area contributed by atoms with Gasteiger partial charge < -0.3 is 9.30 Å². The van der Waals surface area contributed by atoms with E-state index in [1.165, 1.54) is 7.11 Å². The maximum atomic E-state index is 12.6. The van der Waals surface area contributed by atoms with Gasteiger partial charge in [0, 0.05) is 17.0 Å². The van der Waals surface area contributed by atoms with Crippen LogP contribution in [0.4, 0.5) is 0 Å². The predicted octanol–water partition coefficient (Wildman–Crippen LogP) is 4.92. The number of fused-ring (bicyclic) bond motifs is 4. The van der Waals surface area contributed by atoms with Crippen molar-refractivity contribution in [3.8, 4) is 11.4 Å². The molecule has 0 saturated heterocycles. The number of hydrogen-bond donors (Lipinski definition) is 0. The Morgan fingerprint density at radius 2 is 1.90 bits per heavy atom. The van der Waals surface area contributed by atoms with Gasteiger partial charge in [0.05, 0.1) is 36.5 Å². The van der Waals surface area contributed by atoms with E-state index in [4.69, 9.17) is 9.72 Å². The molecule has 0 amide bonds. The van der Waals surface area contributed by atoms with E-state index >= 15 is 0 Å². The van der Waals surface area contributed by atoms with Gasteiger partial charge in [-0.3, -0.25) is 9.59 Å². The Morgan fingerprint density at radius 3 is 2.55 bits per heavy atom. The van der Waals surface area contributed by atoms with Crippen LogP contribution >= 0.6 is 0 Å². The monoisotopic (exact) mass is 392 g/mol. The van der Waals surface area contributed by atoms with Gasteiger partial charge in [-0.15, -0.1) is 13.2 Å². The average Bonchev–Trinajstić information content (AvgIpc) is 3.13. The second kappa shape index (κ2) is 9.82. The van der Waals surface area contributed by atoms with E-state index in [1.807, 2.05) is 51.1 Å². The molecule has 29 heavy (non-hydrogen) atoms. The molecule has 0 spiro atoms. The smallest absolute Gasteiger partial charge is 0.313 e. The highest BCUT2D eigenvalue weighted by atomic mass is 16.5. The molecule has 3 heterocycles. The molecule has 5 nitrogen and oxygen atoms in total. The molecule has 3 aromatic rings. The largest absolute Gasteiger partial charge is 0.469 e. The number of para-hydroxylation sites is 1. The number of aromatic nitrogens is 2. The van der Waals surface area contributed by atoms with Crippen LogP contribution in [0.15, 0.2) is 60.4 Å². The first-order valence-electron chi connectivity index (χ1n) is 9.84. The number of methoxy groups -OCH3 is 1. The second-order valence-corrected chi connectivity index (χ2v) is 6.27. The number of nitrogens with zero attached hydrogens (tertiary/aromatic N) is 2. The summed E-state index contributed by atoms with van der Waals surface area (Å²) in [4.78, 5) is 29.4. The van der Waals surface area contributed by atoms with Gasteiger partial charge in [0.15, 0.2) is 0 Å². The second-order valence-electron chi connectivity index (χ2n) is 6.27. The molecule has 2 aromatic heterocycles. The molecule has 1 aromatic carbocycles. The highest BCUT2D eigenvalue weighted by molar-refractivity contribution is 5.84. The summed E-state index contributed by atoms with van der Waals surface area (Å²) < 4.78 is 6.59. The van der Waals surface area contributed by atoms with Crippen LogP contribution in [0.25, 0.3) is 22.3 Å². The molecule has 0 aliphatic carbocycles. The van der Waals surface area contributed by atoms with Crippen LogP contribution in [-0.2, 0) is 16.1 Å². The Balaban J connectivity index is 0.000000707. The average molecular weight is 392 g/mol. The zero-order valence-corrected chi connectivity index (χ0v) is 17.6. The van der Waals surface area contributed by atoms with Gasteiger partial charge in [0.1, 0.15) is 0 Å². The SMILES string of the molecule is C=C.CC.CCC(C(=O)OC)c1cc2n(c(=O)c1)Cc1cc3ccccc3nc1-2. The normalized spacial score (nSPS) is 11.9. The first kappa shape index (κ1) is 22.1. The summed E-state index contributed by atoms with van der Waals surface area (Å²) in [6.45, 7) is 12.4. The molecule has 0 radical (unpaired) electrons. The Hall–Kier alpha value is -3.21. The number of hydrogen-bond acceptors (Lipinski definition) is 4. The minimum absolute atomic E-state index is 0.114. The fourth-order valence-corrected chi connectivity index (χ4v) is 3.53. The van der Waals surface area contributed by atoms with E-state index in [1.54, 1.807) is 10.6 Å². The summed E-state index contributed by atoms with van der Waals surface area (Å²) in [5.74, 6) is -0.760. The van der Waals surface area contributed by atoms with Gasteiger partial charge in [-0.2, -0.15) is 0 Å². The zero-order chi connectivity index (χ0) is 21.6. The fraction of sp³-hybridized carbons (Fsp3) is 0.292. The summed E-state index contributed by atoms with van der Waals surface area (Å²) in [7, 11) is 1.37. The third-order valence-corrected chi connectivity index (χ3v) is 4.82. The molecule has 1 aliphatic rings. The molecule has 0 bridgehead atoms. The van der Waals surface area contributed by atoms with Crippen molar-refractivity contribution in [1.29, 1.82) is 0 Å². The molecular weight excluding hydrogens is 364 g/mol. The van der Waals surface area contributed by atoms with Crippen LogP contribution in [0.5, 0.6) is 0 Å². The van der Waals surface area contributed by atoms with Crippen molar-refractivity contribution in [2.24, 2.45) is 0 Å². The van der Waals surface area contributed by atoms with Crippen LogP contribution in [0, 0.1) is 0 Å².